The SMILES string of the molecule is C[C@]1(F)CCN(c2ccc3nccc(C(=O)O)c3c2)C1. The van der Waals surface area contributed by atoms with Gasteiger partial charge in [0.05, 0.1) is 17.6 Å². The Hall–Kier alpha value is -2.17. The lowest BCUT2D eigenvalue weighted by atomic mass is 10.1. The molecule has 2 heterocycles. The maximum absolute atomic E-state index is 13.9. The van der Waals surface area contributed by atoms with Crippen LogP contribution in [0, 0.1) is 0 Å². The molecule has 20 heavy (non-hydrogen) atoms. The number of hydrogen-bond acceptors (Lipinski definition) is 3. The summed E-state index contributed by atoms with van der Waals surface area (Å²) in [4.78, 5) is 17.4. The summed E-state index contributed by atoms with van der Waals surface area (Å²) in [5.74, 6) is -0.980. The standard InChI is InChI=1S/C15H15FN2O2/c1-15(16)5-7-18(9-15)10-2-3-13-12(8-10)11(14(19)20)4-6-17-13/h2-4,6,8H,5,7,9H2,1H3,(H,19,20)/t15-/m0/s1. The Balaban J connectivity index is 2.06. The first kappa shape index (κ1) is 12.8. The van der Waals surface area contributed by atoms with Gasteiger partial charge < -0.3 is 10.0 Å². The fraction of sp³-hybridized carbons (Fsp3) is 0.333. The number of anilines is 1. The van der Waals surface area contributed by atoms with Gasteiger partial charge in [-0.3, -0.25) is 4.98 Å². The van der Waals surface area contributed by atoms with E-state index in [4.69, 9.17) is 0 Å². The number of pyridine rings is 1. The van der Waals surface area contributed by atoms with E-state index < -0.39 is 11.6 Å². The maximum atomic E-state index is 13.9. The molecule has 4 nitrogen and oxygen atoms in total. The molecule has 104 valence electrons. The van der Waals surface area contributed by atoms with Gasteiger partial charge in [0.25, 0.3) is 0 Å². The van der Waals surface area contributed by atoms with Crippen molar-refractivity contribution in [1.29, 1.82) is 0 Å². The average Bonchev–Trinajstić information content (AvgIpc) is 2.77. The normalized spacial score (nSPS) is 22.4. The fourth-order valence-electron chi connectivity index (χ4n) is 2.66. The Kier molecular flexibility index (Phi) is 2.85. The second kappa shape index (κ2) is 4.44. The molecule has 2 aromatic rings. The summed E-state index contributed by atoms with van der Waals surface area (Å²) in [5.41, 5.74) is 0.517. The minimum absolute atomic E-state index is 0.221. The highest BCUT2D eigenvalue weighted by atomic mass is 19.1. The van der Waals surface area contributed by atoms with E-state index in [1.807, 2.05) is 11.0 Å². The van der Waals surface area contributed by atoms with Crippen molar-refractivity contribution in [3.8, 4) is 0 Å². The minimum Gasteiger partial charge on any atom is -0.478 e. The zero-order chi connectivity index (χ0) is 14.3. The zero-order valence-electron chi connectivity index (χ0n) is 11.1. The Labute approximate surface area is 115 Å². The van der Waals surface area contributed by atoms with Gasteiger partial charge >= 0.3 is 5.97 Å². The molecule has 1 atom stereocenters. The highest BCUT2D eigenvalue weighted by molar-refractivity contribution is 6.03. The Morgan fingerprint density at radius 3 is 2.90 bits per heavy atom. The number of carboxylic acids is 1. The van der Waals surface area contributed by atoms with E-state index >= 15 is 0 Å². The summed E-state index contributed by atoms with van der Waals surface area (Å²) >= 11 is 0. The van der Waals surface area contributed by atoms with Gasteiger partial charge in [0, 0.05) is 30.2 Å². The van der Waals surface area contributed by atoms with Gasteiger partial charge in [-0.2, -0.15) is 0 Å². The van der Waals surface area contributed by atoms with Gasteiger partial charge in [0.15, 0.2) is 0 Å². The third kappa shape index (κ3) is 2.19. The van der Waals surface area contributed by atoms with E-state index in [1.165, 1.54) is 12.3 Å². The monoisotopic (exact) mass is 274 g/mol. The number of benzene rings is 1. The largest absolute Gasteiger partial charge is 0.478 e. The summed E-state index contributed by atoms with van der Waals surface area (Å²) in [6.45, 7) is 2.57. The number of rotatable bonds is 2. The molecule has 0 saturated carbocycles. The van der Waals surface area contributed by atoms with Crippen molar-refractivity contribution in [2.75, 3.05) is 18.0 Å². The van der Waals surface area contributed by atoms with E-state index in [2.05, 4.69) is 4.98 Å². The molecule has 1 N–H and O–H groups in total. The summed E-state index contributed by atoms with van der Waals surface area (Å²) < 4.78 is 13.9. The molecule has 0 unspecified atom stereocenters. The highest BCUT2D eigenvalue weighted by Gasteiger charge is 2.33. The fourth-order valence-corrected chi connectivity index (χ4v) is 2.66. The molecule has 1 saturated heterocycles. The van der Waals surface area contributed by atoms with Crippen molar-refractivity contribution in [3.05, 3.63) is 36.0 Å². The van der Waals surface area contributed by atoms with Crippen molar-refractivity contribution < 1.29 is 14.3 Å². The lowest BCUT2D eigenvalue weighted by molar-refractivity contribution is 0.0699. The molecule has 1 aromatic carbocycles. The lowest BCUT2D eigenvalue weighted by Crippen LogP contribution is -2.25. The third-order valence-corrected chi connectivity index (χ3v) is 3.74. The molecule has 1 aliphatic heterocycles. The van der Waals surface area contributed by atoms with Crippen LogP contribution in [0.15, 0.2) is 30.5 Å². The Bertz CT molecular complexity index is 685. The molecular weight excluding hydrogens is 259 g/mol. The molecule has 5 heteroatoms. The van der Waals surface area contributed by atoms with Crippen LogP contribution in [0.25, 0.3) is 10.9 Å². The Morgan fingerprint density at radius 2 is 2.25 bits per heavy atom. The van der Waals surface area contributed by atoms with Crippen molar-refractivity contribution in [1.82, 2.24) is 4.98 Å². The number of aromatic nitrogens is 1. The van der Waals surface area contributed by atoms with Gasteiger partial charge in [0.2, 0.25) is 0 Å². The average molecular weight is 274 g/mol. The van der Waals surface area contributed by atoms with Gasteiger partial charge in [-0.1, -0.05) is 0 Å². The van der Waals surface area contributed by atoms with Crippen LogP contribution in [0.4, 0.5) is 10.1 Å². The van der Waals surface area contributed by atoms with Crippen LogP contribution < -0.4 is 4.90 Å². The second-order valence-corrected chi connectivity index (χ2v) is 5.45. The molecule has 0 bridgehead atoms. The molecule has 0 spiro atoms. The Morgan fingerprint density at radius 1 is 1.45 bits per heavy atom. The molecule has 3 rings (SSSR count). The van der Waals surface area contributed by atoms with Gasteiger partial charge in [0.1, 0.15) is 5.67 Å². The first-order chi connectivity index (χ1) is 9.46. The minimum atomic E-state index is -1.18. The quantitative estimate of drug-likeness (QED) is 0.915. The van der Waals surface area contributed by atoms with E-state index in [-0.39, 0.29) is 5.56 Å². The highest BCUT2D eigenvalue weighted by Crippen LogP contribution is 2.31. The summed E-state index contributed by atoms with van der Waals surface area (Å²) in [6, 6.07) is 6.91. The molecular formula is C15H15FN2O2. The number of nitrogens with zero attached hydrogens (tertiary/aromatic N) is 2. The van der Waals surface area contributed by atoms with Crippen molar-refractivity contribution in [2.24, 2.45) is 0 Å². The van der Waals surface area contributed by atoms with Gasteiger partial charge in [-0.25, -0.2) is 9.18 Å². The first-order valence-electron chi connectivity index (χ1n) is 6.52. The molecule has 1 aliphatic rings. The topological polar surface area (TPSA) is 53.4 Å². The van der Waals surface area contributed by atoms with Crippen LogP contribution in [0.2, 0.25) is 0 Å². The molecule has 0 radical (unpaired) electrons. The van der Waals surface area contributed by atoms with Crippen LogP contribution in [0.5, 0.6) is 0 Å². The van der Waals surface area contributed by atoms with E-state index in [1.54, 1.807) is 19.1 Å². The van der Waals surface area contributed by atoms with Gasteiger partial charge in [-0.15, -0.1) is 0 Å². The number of hydrogen-bond donors (Lipinski definition) is 1. The van der Waals surface area contributed by atoms with E-state index in [9.17, 15) is 14.3 Å². The summed E-state index contributed by atoms with van der Waals surface area (Å²) in [5, 5.41) is 9.81. The predicted molar refractivity (Wildman–Crippen MR) is 75.0 cm³/mol. The number of carboxylic acid groups (broad SMARTS) is 1. The second-order valence-electron chi connectivity index (χ2n) is 5.45. The van der Waals surface area contributed by atoms with E-state index in [0.717, 1.165) is 5.69 Å². The van der Waals surface area contributed by atoms with Crippen LogP contribution in [0.3, 0.4) is 0 Å². The summed E-state index contributed by atoms with van der Waals surface area (Å²) in [6.07, 6.45) is 1.98. The summed E-state index contributed by atoms with van der Waals surface area (Å²) in [7, 11) is 0. The van der Waals surface area contributed by atoms with Crippen LogP contribution in [-0.2, 0) is 0 Å². The molecule has 1 fully saturated rings. The van der Waals surface area contributed by atoms with Crippen molar-refractivity contribution in [3.63, 3.8) is 0 Å². The number of carbonyl (C=O) groups is 1. The molecule has 0 amide bonds. The number of fused-ring (bicyclic) bond motifs is 1. The number of halogens is 1. The van der Waals surface area contributed by atoms with Crippen molar-refractivity contribution in [2.45, 2.75) is 19.0 Å². The predicted octanol–water partition coefficient (Wildman–Crippen LogP) is 2.87. The van der Waals surface area contributed by atoms with Crippen LogP contribution in [0.1, 0.15) is 23.7 Å². The number of aromatic carboxylic acids is 1. The molecule has 1 aromatic heterocycles. The van der Waals surface area contributed by atoms with Crippen LogP contribution in [-0.4, -0.2) is 34.8 Å². The smallest absolute Gasteiger partial charge is 0.336 e. The van der Waals surface area contributed by atoms with Crippen LogP contribution >= 0.6 is 0 Å². The van der Waals surface area contributed by atoms with Gasteiger partial charge in [-0.05, 0) is 31.2 Å². The molecule has 0 aliphatic carbocycles. The lowest BCUT2D eigenvalue weighted by Gasteiger charge is -2.20. The number of alkyl halides is 1. The maximum Gasteiger partial charge on any atom is 0.336 e. The zero-order valence-corrected chi connectivity index (χ0v) is 11.1. The van der Waals surface area contributed by atoms with Crippen molar-refractivity contribution >= 4 is 22.6 Å². The first-order valence-corrected chi connectivity index (χ1v) is 6.52. The van der Waals surface area contributed by atoms with E-state index in [0.29, 0.717) is 30.4 Å². The third-order valence-electron chi connectivity index (χ3n) is 3.74.